The van der Waals surface area contributed by atoms with E-state index in [0.29, 0.717) is 11.6 Å². The maximum atomic E-state index is 12.5. The van der Waals surface area contributed by atoms with Crippen molar-refractivity contribution in [1.29, 1.82) is 0 Å². The number of likely N-dealkylation sites (tertiary alicyclic amines) is 1. The van der Waals surface area contributed by atoms with Gasteiger partial charge in [-0.3, -0.25) is 9.59 Å². The zero-order valence-electron chi connectivity index (χ0n) is 11.8. The minimum absolute atomic E-state index is 0.0105. The third kappa shape index (κ3) is 4.14. The molecule has 0 radical (unpaired) electrons. The summed E-state index contributed by atoms with van der Waals surface area (Å²) in [5.74, 6) is -0.866. The Kier molecular flexibility index (Phi) is 5.53. The van der Waals surface area contributed by atoms with Crippen molar-refractivity contribution in [1.82, 2.24) is 4.90 Å². The third-order valence-electron chi connectivity index (χ3n) is 3.56. The Hall–Kier alpha value is -1.20. The maximum Gasteiger partial charge on any atom is 0.305 e. The van der Waals surface area contributed by atoms with Crippen molar-refractivity contribution in [2.75, 3.05) is 6.54 Å². The van der Waals surface area contributed by atoms with E-state index < -0.39 is 5.97 Å². The lowest BCUT2D eigenvalue weighted by atomic mass is 10.1. The predicted molar refractivity (Wildman–Crippen MR) is 83.8 cm³/mol. The number of nitrogens with zero attached hydrogens (tertiary/aromatic N) is 1. The van der Waals surface area contributed by atoms with Crippen LogP contribution >= 0.6 is 23.4 Å². The summed E-state index contributed by atoms with van der Waals surface area (Å²) >= 11 is 7.52. The van der Waals surface area contributed by atoms with E-state index >= 15 is 0 Å². The number of carboxylic acid groups (broad SMARTS) is 1. The number of carbonyl (C=O) groups is 2. The average molecular weight is 328 g/mol. The van der Waals surface area contributed by atoms with Gasteiger partial charge in [0.2, 0.25) is 5.91 Å². The highest BCUT2D eigenvalue weighted by molar-refractivity contribution is 8.00. The van der Waals surface area contributed by atoms with Gasteiger partial charge in [-0.05, 0) is 31.9 Å². The number of aliphatic carboxylic acids is 1. The smallest absolute Gasteiger partial charge is 0.305 e. The lowest BCUT2D eigenvalue weighted by Crippen LogP contribution is -2.41. The number of hydrogen-bond acceptors (Lipinski definition) is 3. The molecule has 21 heavy (non-hydrogen) atoms. The van der Waals surface area contributed by atoms with Crippen LogP contribution in [0.3, 0.4) is 0 Å². The molecule has 2 rings (SSSR count). The van der Waals surface area contributed by atoms with Crippen molar-refractivity contribution in [3.05, 3.63) is 29.3 Å². The Morgan fingerprint density at radius 2 is 2.19 bits per heavy atom. The molecule has 0 aromatic heterocycles. The molecular weight excluding hydrogens is 310 g/mol. The molecule has 114 valence electrons. The van der Waals surface area contributed by atoms with Crippen LogP contribution in [-0.4, -0.2) is 39.7 Å². The van der Waals surface area contributed by atoms with Gasteiger partial charge in [-0.25, -0.2) is 0 Å². The van der Waals surface area contributed by atoms with Gasteiger partial charge in [0.15, 0.2) is 0 Å². The fraction of sp³-hybridized carbons (Fsp3) is 0.467. The molecule has 1 N–H and O–H groups in total. The lowest BCUT2D eigenvalue weighted by molar-refractivity contribution is -0.139. The van der Waals surface area contributed by atoms with Crippen LogP contribution in [-0.2, 0) is 9.59 Å². The topological polar surface area (TPSA) is 57.6 Å². The zero-order chi connectivity index (χ0) is 15.4. The number of benzene rings is 1. The summed E-state index contributed by atoms with van der Waals surface area (Å²) in [5, 5.41) is 9.27. The van der Waals surface area contributed by atoms with E-state index in [-0.39, 0.29) is 23.6 Å². The van der Waals surface area contributed by atoms with Gasteiger partial charge in [0, 0.05) is 17.5 Å². The number of hydrogen-bond donors (Lipinski definition) is 1. The lowest BCUT2D eigenvalue weighted by Gasteiger charge is -2.26. The van der Waals surface area contributed by atoms with Gasteiger partial charge in [-0.15, -0.1) is 11.8 Å². The van der Waals surface area contributed by atoms with Crippen molar-refractivity contribution in [2.24, 2.45) is 0 Å². The molecule has 0 spiro atoms. The highest BCUT2D eigenvalue weighted by atomic mass is 35.5. The van der Waals surface area contributed by atoms with Crippen LogP contribution in [0.1, 0.15) is 26.2 Å². The van der Waals surface area contributed by atoms with Crippen LogP contribution in [0.2, 0.25) is 5.02 Å². The second-order valence-corrected chi connectivity index (χ2v) is 6.91. The van der Waals surface area contributed by atoms with Gasteiger partial charge >= 0.3 is 5.97 Å². The van der Waals surface area contributed by atoms with E-state index in [1.165, 1.54) is 11.8 Å². The van der Waals surface area contributed by atoms with Crippen LogP contribution < -0.4 is 0 Å². The Labute approximate surface area is 133 Å². The standard InChI is InChI=1S/C15H18ClNO3S/c1-10(21-13-7-3-2-6-12(13)16)15(20)17-8-4-5-11(17)9-14(18)19/h2-3,6-7,10-11H,4-5,8-9H2,1H3,(H,18,19). The molecule has 2 atom stereocenters. The van der Waals surface area contributed by atoms with Gasteiger partial charge in [0.1, 0.15) is 0 Å². The number of carbonyl (C=O) groups excluding carboxylic acids is 1. The number of amides is 1. The van der Waals surface area contributed by atoms with E-state index in [9.17, 15) is 9.59 Å². The third-order valence-corrected chi connectivity index (χ3v) is 5.17. The normalized spacial score (nSPS) is 19.5. The summed E-state index contributed by atoms with van der Waals surface area (Å²) in [7, 11) is 0. The molecule has 4 nitrogen and oxygen atoms in total. The quantitative estimate of drug-likeness (QED) is 0.843. The van der Waals surface area contributed by atoms with Crippen LogP contribution in [0.4, 0.5) is 0 Å². The number of rotatable bonds is 5. The van der Waals surface area contributed by atoms with E-state index in [2.05, 4.69) is 0 Å². The van der Waals surface area contributed by atoms with Crippen molar-refractivity contribution in [2.45, 2.75) is 42.4 Å². The van der Waals surface area contributed by atoms with Crippen molar-refractivity contribution >= 4 is 35.2 Å². The molecule has 1 aliphatic rings. The molecule has 1 aromatic carbocycles. The minimum atomic E-state index is -0.855. The van der Waals surface area contributed by atoms with E-state index in [4.69, 9.17) is 16.7 Å². The van der Waals surface area contributed by atoms with Gasteiger partial charge in [0.25, 0.3) is 0 Å². The van der Waals surface area contributed by atoms with Crippen LogP contribution in [0.15, 0.2) is 29.2 Å². The molecule has 1 amide bonds. The van der Waals surface area contributed by atoms with E-state index in [1.54, 1.807) is 11.0 Å². The Morgan fingerprint density at radius 1 is 1.48 bits per heavy atom. The zero-order valence-corrected chi connectivity index (χ0v) is 13.4. The molecule has 1 heterocycles. The first-order valence-corrected chi connectivity index (χ1v) is 8.18. The van der Waals surface area contributed by atoms with Gasteiger partial charge in [0.05, 0.1) is 16.7 Å². The number of halogens is 1. The predicted octanol–water partition coefficient (Wildman–Crippen LogP) is 3.29. The summed E-state index contributed by atoms with van der Waals surface area (Å²) < 4.78 is 0. The summed E-state index contributed by atoms with van der Waals surface area (Å²) in [4.78, 5) is 26.0. The van der Waals surface area contributed by atoms with Crippen molar-refractivity contribution in [3.63, 3.8) is 0 Å². The van der Waals surface area contributed by atoms with Crippen LogP contribution in [0, 0.1) is 0 Å². The fourth-order valence-electron chi connectivity index (χ4n) is 2.55. The summed E-state index contributed by atoms with van der Waals surface area (Å²) in [6.45, 7) is 2.48. The first-order chi connectivity index (χ1) is 9.99. The van der Waals surface area contributed by atoms with Crippen LogP contribution in [0.5, 0.6) is 0 Å². The molecule has 1 aromatic rings. The van der Waals surface area contributed by atoms with Crippen LogP contribution in [0.25, 0.3) is 0 Å². The van der Waals surface area contributed by atoms with Crippen molar-refractivity contribution < 1.29 is 14.7 Å². The molecule has 0 aliphatic carbocycles. The minimum Gasteiger partial charge on any atom is -0.481 e. The molecule has 6 heteroatoms. The molecular formula is C15H18ClNO3S. The largest absolute Gasteiger partial charge is 0.481 e. The second kappa shape index (κ2) is 7.18. The molecule has 2 unspecified atom stereocenters. The van der Waals surface area contributed by atoms with Gasteiger partial charge < -0.3 is 10.0 Å². The molecule has 0 saturated carbocycles. The number of thioether (sulfide) groups is 1. The highest BCUT2D eigenvalue weighted by Gasteiger charge is 2.33. The second-order valence-electron chi connectivity index (χ2n) is 5.12. The summed E-state index contributed by atoms with van der Waals surface area (Å²) in [6, 6.07) is 7.24. The first kappa shape index (κ1) is 16.2. The SMILES string of the molecule is CC(Sc1ccccc1Cl)C(=O)N1CCCC1CC(=O)O. The highest BCUT2D eigenvalue weighted by Crippen LogP contribution is 2.32. The molecule has 1 saturated heterocycles. The fourth-order valence-corrected chi connectivity index (χ4v) is 3.78. The Bertz CT molecular complexity index is 537. The molecule has 1 aliphatic heterocycles. The monoisotopic (exact) mass is 327 g/mol. The molecule has 0 bridgehead atoms. The number of carboxylic acids is 1. The van der Waals surface area contributed by atoms with Crippen molar-refractivity contribution in [3.8, 4) is 0 Å². The van der Waals surface area contributed by atoms with E-state index in [1.807, 2.05) is 25.1 Å². The average Bonchev–Trinajstić information content (AvgIpc) is 2.87. The Morgan fingerprint density at radius 3 is 2.86 bits per heavy atom. The Balaban J connectivity index is 2.02. The summed E-state index contributed by atoms with van der Waals surface area (Å²) in [5.41, 5.74) is 0. The van der Waals surface area contributed by atoms with Gasteiger partial charge in [-0.1, -0.05) is 23.7 Å². The first-order valence-electron chi connectivity index (χ1n) is 6.92. The molecule has 1 fully saturated rings. The van der Waals surface area contributed by atoms with E-state index in [0.717, 1.165) is 17.7 Å². The van der Waals surface area contributed by atoms with Gasteiger partial charge in [-0.2, -0.15) is 0 Å². The maximum absolute atomic E-state index is 12.5. The summed E-state index contributed by atoms with van der Waals surface area (Å²) in [6.07, 6.45) is 1.66.